The number of aromatic nitrogens is 3. The fraction of sp³-hybridized carbons (Fsp3) is 0.0556. The Morgan fingerprint density at radius 1 is 1.17 bits per heavy atom. The summed E-state index contributed by atoms with van der Waals surface area (Å²) in [6.45, 7) is 0. The van der Waals surface area contributed by atoms with Crippen LogP contribution in [0.3, 0.4) is 0 Å². The molecular weight excluding hydrogens is 320 g/mol. The van der Waals surface area contributed by atoms with Crippen molar-refractivity contribution in [3.63, 3.8) is 0 Å². The zero-order valence-electron chi connectivity index (χ0n) is 12.9. The van der Waals surface area contributed by atoms with Gasteiger partial charge >= 0.3 is 0 Å². The molecule has 0 fully saturated rings. The number of fused-ring (bicyclic) bond motifs is 1. The second-order valence-electron chi connectivity index (χ2n) is 5.35. The van der Waals surface area contributed by atoms with E-state index in [4.69, 9.17) is 0 Å². The number of carbonyl (C=O) groups excluding carboxylic acids is 1. The van der Waals surface area contributed by atoms with E-state index in [1.54, 1.807) is 28.3 Å². The first-order valence-electron chi connectivity index (χ1n) is 7.45. The van der Waals surface area contributed by atoms with Crippen LogP contribution in [0.15, 0.2) is 60.1 Å². The number of amides is 1. The van der Waals surface area contributed by atoms with Gasteiger partial charge in [0.1, 0.15) is 0 Å². The normalized spacial score (nSPS) is 10.9. The number of benzene rings is 1. The minimum Gasteiger partial charge on any atom is -0.319 e. The molecule has 6 heteroatoms. The molecule has 0 atom stereocenters. The second-order valence-corrected chi connectivity index (χ2v) is 6.30. The monoisotopic (exact) mass is 334 g/mol. The molecule has 5 nitrogen and oxygen atoms in total. The molecule has 0 bridgehead atoms. The summed E-state index contributed by atoms with van der Waals surface area (Å²) in [6, 6.07) is 15.3. The molecule has 0 saturated carbocycles. The first-order chi connectivity index (χ1) is 11.7. The van der Waals surface area contributed by atoms with Crippen molar-refractivity contribution >= 4 is 33.8 Å². The van der Waals surface area contributed by atoms with E-state index >= 15 is 0 Å². The fourth-order valence-corrected chi connectivity index (χ4v) is 3.40. The standard InChI is InChI=1S/C18H14N4OS/c1-22-15(16-8-4-10-24-16)11-14(21-22)18(23)20-13-7-2-5-12-6-3-9-19-17(12)13/h2-11H,1H3,(H,20,23). The van der Waals surface area contributed by atoms with Crippen molar-refractivity contribution in [2.75, 3.05) is 5.32 Å². The van der Waals surface area contributed by atoms with Crippen LogP contribution < -0.4 is 5.32 Å². The van der Waals surface area contributed by atoms with E-state index in [9.17, 15) is 4.79 Å². The topological polar surface area (TPSA) is 59.8 Å². The molecule has 0 spiro atoms. The van der Waals surface area contributed by atoms with Gasteiger partial charge in [-0.05, 0) is 29.6 Å². The highest BCUT2D eigenvalue weighted by atomic mass is 32.1. The molecule has 0 aliphatic heterocycles. The molecule has 1 N–H and O–H groups in total. The number of hydrogen-bond acceptors (Lipinski definition) is 4. The van der Waals surface area contributed by atoms with Gasteiger partial charge in [-0.15, -0.1) is 11.3 Å². The van der Waals surface area contributed by atoms with Crippen LogP contribution in [-0.2, 0) is 7.05 Å². The molecule has 1 amide bonds. The van der Waals surface area contributed by atoms with Gasteiger partial charge in [-0.1, -0.05) is 24.3 Å². The number of thiophene rings is 1. The zero-order valence-corrected chi connectivity index (χ0v) is 13.7. The third-order valence-corrected chi connectivity index (χ3v) is 4.66. The molecule has 4 aromatic rings. The molecule has 0 radical (unpaired) electrons. The molecule has 3 aromatic heterocycles. The molecule has 0 unspecified atom stereocenters. The molecule has 24 heavy (non-hydrogen) atoms. The van der Waals surface area contributed by atoms with E-state index in [1.165, 1.54) is 0 Å². The lowest BCUT2D eigenvalue weighted by Crippen LogP contribution is -2.13. The Morgan fingerprint density at radius 2 is 2.04 bits per heavy atom. The molecule has 118 valence electrons. The number of carbonyl (C=O) groups is 1. The predicted molar refractivity (Wildman–Crippen MR) is 96.2 cm³/mol. The number of anilines is 1. The van der Waals surface area contributed by atoms with Crippen LogP contribution in [0.1, 0.15) is 10.5 Å². The van der Waals surface area contributed by atoms with Crippen LogP contribution in [0.4, 0.5) is 5.69 Å². The minimum atomic E-state index is -0.244. The van der Waals surface area contributed by atoms with Gasteiger partial charge in [0.2, 0.25) is 0 Å². The van der Waals surface area contributed by atoms with Crippen molar-refractivity contribution in [2.24, 2.45) is 7.05 Å². The van der Waals surface area contributed by atoms with Gasteiger partial charge in [0, 0.05) is 18.6 Å². The maximum Gasteiger partial charge on any atom is 0.276 e. The number of rotatable bonds is 3. The Morgan fingerprint density at radius 3 is 2.88 bits per heavy atom. The van der Waals surface area contributed by atoms with Crippen molar-refractivity contribution < 1.29 is 4.79 Å². The van der Waals surface area contributed by atoms with Gasteiger partial charge in [-0.2, -0.15) is 5.10 Å². The molecular formula is C18H14N4OS. The van der Waals surface area contributed by atoms with Crippen LogP contribution in [0.25, 0.3) is 21.5 Å². The minimum absolute atomic E-state index is 0.244. The summed E-state index contributed by atoms with van der Waals surface area (Å²) < 4.78 is 1.72. The highest BCUT2D eigenvalue weighted by Crippen LogP contribution is 2.26. The molecule has 4 rings (SSSR count). The summed E-state index contributed by atoms with van der Waals surface area (Å²) in [4.78, 5) is 18.0. The van der Waals surface area contributed by atoms with Gasteiger partial charge in [0.25, 0.3) is 5.91 Å². The van der Waals surface area contributed by atoms with Gasteiger partial charge < -0.3 is 5.32 Å². The third kappa shape index (κ3) is 2.57. The van der Waals surface area contributed by atoms with Gasteiger partial charge in [0.15, 0.2) is 5.69 Å². The molecule has 3 heterocycles. The number of aryl methyl sites for hydroxylation is 1. The number of pyridine rings is 1. The molecule has 0 aliphatic rings. The maximum absolute atomic E-state index is 12.6. The summed E-state index contributed by atoms with van der Waals surface area (Å²) in [5.74, 6) is -0.244. The van der Waals surface area contributed by atoms with E-state index in [1.807, 2.05) is 54.9 Å². The summed E-state index contributed by atoms with van der Waals surface area (Å²) in [7, 11) is 1.84. The first kappa shape index (κ1) is 14.6. The van der Waals surface area contributed by atoms with Gasteiger partial charge in [0.05, 0.1) is 21.8 Å². The van der Waals surface area contributed by atoms with Crippen molar-refractivity contribution in [2.45, 2.75) is 0 Å². The van der Waals surface area contributed by atoms with E-state index in [-0.39, 0.29) is 5.91 Å². The number of hydrogen-bond donors (Lipinski definition) is 1. The average molecular weight is 334 g/mol. The zero-order chi connectivity index (χ0) is 16.5. The lowest BCUT2D eigenvalue weighted by atomic mass is 10.2. The highest BCUT2D eigenvalue weighted by molar-refractivity contribution is 7.13. The molecule has 0 aliphatic carbocycles. The average Bonchev–Trinajstić information content (AvgIpc) is 3.24. The quantitative estimate of drug-likeness (QED) is 0.617. The Balaban J connectivity index is 1.66. The van der Waals surface area contributed by atoms with Gasteiger partial charge in [-0.25, -0.2) is 0 Å². The van der Waals surface area contributed by atoms with E-state index in [0.29, 0.717) is 11.4 Å². The predicted octanol–water partition coefficient (Wildman–Crippen LogP) is 3.95. The highest BCUT2D eigenvalue weighted by Gasteiger charge is 2.15. The van der Waals surface area contributed by atoms with E-state index in [2.05, 4.69) is 15.4 Å². The van der Waals surface area contributed by atoms with Crippen LogP contribution in [0.2, 0.25) is 0 Å². The van der Waals surface area contributed by atoms with Crippen LogP contribution in [0.5, 0.6) is 0 Å². The largest absolute Gasteiger partial charge is 0.319 e. The summed E-state index contributed by atoms with van der Waals surface area (Å²) in [5, 5.41) is 10.2. The first-order valence-corrected chi connectivity index (χ1v) is 8.33. The van der Waals surface area contributed by atoms with Crippen molar-refractivity contribution in [1.82, 2.24) is 14.8 Å². The smallest absolute Gasteiger partial charge is 0.276 e. The number of nitrogens with zero attached hydrogens (tertiary/aromatic N) is 3. The Hall–Kier alpha value is -2.99. The summed E-state index contributed by atoms with van der Waals surface area (Å²) in [6.07, 6.45) is 1.72. The number of para-hydroxylation sites is 1. The van der Waals surface area contributed by atoms with E-state index in [0.717, 1.165) is 21.5 Å². The Labute approximate surface area is 142 Å². The fourth-order valence-electron chi connectivity index (χ4n) is 2.62. The number of nitrogens with one attached hydrogen (secondary N) is 1. The summed E-state index contributed by atoms with van der Waals surface area (Å²) in [5.41, 5.74) is 2.75. The summed E-state index contributed by atoms with van der Waals surface area (Å²) >= 11 is 1.62. The SMILES string of the molecule is Cn1nc(C(=O)Nc2cccc3cccnc23)cc1-c1cccs1. The third-order valence-electron chi connectivity index (χ3n) is 3.77. The van der Waals surface area contributed by atoms with Gasteiger partial charge in [-0.3, -0.25) is 14.5 Å². The van der Waals surface area contributed by atoms with Crippen molar-refractivity contribution in [1.29, 1.82) is 0 Å². The molecule has 0 saturated heterocycles. The Kier molecular flexibility index (Phi) is 3.59. The Bertz CT molecular complexity index is 1020. The van der Waals surface area contributed by atoms with Crippen molar-refractivity contribution in [3.8, 4) is 10.6 Å². The van der Waals surface area contributed by atoms with Crippen LogP contribution in [0, 0.1) is 0 Å². The van der Waals surface area contributed by atoms with Crippen molar-refractivity contribution in [3.05, 3.63) is 65.8 Å². The maximum atomic E-state index is 12.6. The second kappa shape index (κ2) is 5.90. The van der Waals surface area contributed by atoms with Crippen LogP contribution in [-0.4, -0.2) is 20.7 Å². The molecule has 1 aromatic carbocycles. The lowest BCUT2D eigenvalue weighted by molar-refractivity contribution is 0.102. The van der Waals surface area contributed by atoms with Crippen LogP contribution >= 0.6 is 11.3 Å². The van der Waals surface area contributed by atoms with E-state index < -0.39 is 0 Å². The lowest BCUT2D eigenvalue weighted by Gasteiger charge is -2.06.